The molecule has 0 spiro atoms. The number of nitrogens with two attached hydrogens (primary N) is 1. The van der Waals surface area contributed by atoms with E-state index in [0.717, 1.165) is 12.8 Å². The van der Waals surface area contributed by atoms with Crippen molar-refractivity contribution in [1.82, 2.24) is 5.43 Å². The maximum absolute atomic E-state index is 5.62. The zero-order chi connectivity index (χ0) is 10.6. The molecule has 0 bridgehead atoms. The first kappa shape index (κ1) is 12.4. The molecule has 0 saturated heterocycles. The number of hydrogen-bond donors (Lipinski definition) is 2. The molecule has 4 heteroatoms. The highest BCUT2D eigenvalue weighted by atomic mass is 127. The molecule has 1 unspecified atom stereocenters. The van der Waals surface area contributed by atoms with Gasteiger partial charge in [0, 0.05) is 6.04 Å². The van der Waals surface area contributed by atoms with Crippen LogP contribution in [0.25, 0.3) is 0 Å². The number of thiophene rings is 1. The van der Waals surface area contributed by atoms with Crippen LogP contribution in [0.3, 0.4) is 0 Å². The average molecular weight is 324 g/mol. The van der Waals surface area contributed by atoms with Crippen molar-refractivity contribution in [2.75, 3.05) is 0 Å². The fourth-order valence-electron chi connectivity index (χ4n) is 1.75. The molecule has 2 nitrogen and oxygen atoms in total. The molecule has 0 aromatic carbocycles. The normalized spacial score (nSPS) is 13.5. The van der Waals surface area contributed by atoms with Gasteiger partial charge in [-0.05, 0) is 45.5 Å². The summed E-state index contributed by atoms with van der Waals surface area (Å²) in [4.78, 5) is 0. The lowest BCUT2D eigenvalue weighted by Crippen LogP contribution is -2.32. The van der Waals surface area contributed by atoms with E-state index >= 15 is 0 Å². The minimum Gasteiger partial charge on any atom is -0.271 e. The van der Waals surface area contributed by atoms with E-state index in [1.807, 2.05) is 0 Å². The Labute approximate surface area is 103 Å². The highest BCUT2D eigenvalue weighted by molar-refractivity contribution is 14.1. The highest BCUT2D eigenvalue weighted by Gasteiger charge is 2.19. The fourth-order valence-corrected chi connectivity index (χ4v) is 3.16. The highest BCUT2D eigenvalue weighted by Crippen LogP contribution is 2.30. The zero-order valence-electron chi connectivity index (χ0n) is 8.59. The van der Waals surface area contributed by atoms with Crippen LogP contribution < -0.4 is 11.3 Å². The van der Waals surface area contributed by atoms with Crippen molar-refractivity contribution in [1.29, 1.82) is 0 Å². The Morgan fingerprint density at radius 3 is 2.50 bits per heavy atom. The Kier molecular flexibility index (Phi) is 5.36. The van der Waals surface area contributed by atoms with E-state index in [1.54, 1.807) is 11.3 Å². The predicted molar refractivity (Wildman–Crippen MR) is 71.2 cm³/mol. The minimum atomic E-state index is 0.310. The smallest absolute Gasteiger partial charge is 0.0656 e. The van der Waals surface area contributed by atoms with Crippen LogP contribution in [0.2, 0.25) is 0 Å². The van der Waals surface area contributed by atoms with E-state index < -0.39 is 0 Å². The molecule has 0 aliphatic rings. The summed E-state index contributed by atoms with van der Waals surface area (Å²) in [6, 6.07) is 2.53. The second kappa shape index (κ2) is 6.05. The first-order valence-electron chi connectivity index (χ1n) is 4.92. The van der Waals surface area contributed by atoms with Crippen molar-refractivity contribution in [2.45, 2.75) is 32.7 Å². The van der Waals surface area contributed by atoms with Crippen LogP contribution in [0.1, 0.15) is 38.3 Å². The van der Waals surface area contributed by atoms with Crippen molar-refractivity contribution in [3.05, 3.63) is 19.9 Å². The molecule has 0 amide bonds. The van der Waals surface area contributed by atoms with E-state index in [9.17, 15) is 0 Å². The van der Waals surface area contributed by atoms with Crippen LogP contribution in [-0.4, -0.2) is 0 Å². The molecule has 0 fully saturated rings. The van der Waals surface area contributed by atoms with Crippen LogP contribution in [0, 0.1) is 8.80 Å². The summed E-state index contributed by atoms with van der Waals surface area (Å²) >= 11 is 4.13. The van der Waals surface area contributed by atoms with Gasteiger partial charge >= 0.3 is 0 Å². The number of nitrogens with one attached hydrogen (secondary N) is 1. The quantitative estimate of drug-likeness (QED) is 0.495. The maximum atomic E-state index is 5.62. The molecule has 3 N–H and O–H groups in total. The molecule has 0 radical (unpaired) electrons. The summed E-state index contributed by atoms with van der Waals surface area (Å²) in [6.07, 6.45) is 2.33. The predicted octanol–water partition coefficient (Wildman–Crippen LogP) is 3.29. The second-order valence-electron chi connectivity index (χ2n) is 3.41. The third-order valence-electron chi connectivity index (χ3n) is 2.65. The van der Waals surface area contributed by atoms with E-state index in [2.05, 4.69) is 53.3 Å². The number of hydrogen-bond acceptors (Lipinski definition) is 3. The van der Waals surface area contributed by atoms with Gasteiger partial charge < -0.3 is 0 Å². The van der Waals surface area contributed by atoms with Crippen LogP contribution in [0.4, 0.5) is 0 Å². The fraction of sp³-hybridized carbons (Fsp3) is 0.600. The molecule has 0 saturated carbocycles. The molecule has 0 aliphatic carbocycles. The molecule has 1 heterocycles. The van der Waals surface area contributed by atoms with Gasteiger partial charge in [0.25, 0.3) is 0 Å². The Hall–Kier alpha value is 0.350. The van der Waals surface area contributed by atoms with Gasteiger partial charge in [0.1, 0.15) is 0 Å². The summed E-state index contributed by atoms with van der Waals surface area (Å²) in [7, 11) is 0. The van der Waals surface area contributed by atoms with Crippen molar-refractivity contribution < 1.29 is 0 Å². The van der Waals surface area contributed by atoms with Crippen LogP contribution >= 0.6 is 33.9 Å². The lowest BCUT2D eigenvalue weighted by molar-refractivity contribution is 0.346. The topological polar surface area (TPSA) is 38.0 Å². The largest absolute Gasteiger partial charge is 0.271 e. The molecular formula is C10H17IN2S. The molecule has 1 aromatic heterocycles. The summed E-state index contributed by atoms with van der Waals surface area (Å²) in [6.45, 7) is 4.44. The van der Waals surface area contributed by atoms with Gasteiger partial charge in [0.15, 0.2) is 0 Å². The SMILES string of the molecule is CCC(CC)C(NN)c1csc(I)c1. The van der Waals surface area contributed by atoms with E-state index in [1.165, 1.54) is 8.45 Å². The Bertz CT molecular complexity index is 271. The molecule has 14 heavy (non-hydrogen) atoms. The number of hydrazine groups is 1. The molecule has 0 aliphatic heterocycles. The van der Waals surface area contributed by atoms with Crippen LogP contribution in [0.5, 0.6) is 0 Å². The molecule has 80 valence electrons. The van der Waals surface area contributed by atoms with Crippen molar-refractivity contribution in [3.63, 3.8) is 0 Å². The van der Waals surface area contributed by atoms with Gasteiger partial charge in [-0.15, -0.1) is 11.3 Å². The zero-order valence-corrected chi connectivity index (χ0v) is 11.6. The Morgan fingerprint density at radius 1 is 1.50 bits per heavy atom. The van der Waals surface area contributed by atoms with E-state index in [-0.39, 0.29) is 0 Å². The minimum absolute atomic E-state index is 0.310. The van der Waals surface area contributed by atoms with Gasteiger partial charge in [-0.3, -0.25) is 11.3 Å². The lowest BCUT2D eigenvalue weighted by atomic mass is 9.91. The van der Waals surface area contributed by atoms with Crippen LogP contribution in [-0.2, 0) is 0 Å². The van der Waals surface area contributed by atoms with Gasteiger partial charge in [-0.1, -0.05) is 26.7 Å². The average Bonchev–Trinajstić information content (AvgIpc) is 2.60. The van der Waals surface area contributed by atoms with Crippen LogP contribution in [0.15, 0.2) is 11.4 Å². The van der Waals surface area contributed by atoms with Gasteiger partial charge in [0.2, 0.25) is 0 Å². The summed E-state index contributed by atoms with van der Waals surface area (Å²) in [5.41, 5.74) is 4.27. The standard InChI is InChI=1S/C10H17IN2S/c1-3-7(4-2)10(13-12)8-5-9(11)14-6-8/h5-7,10,13H,3-4,12H2,1-2H3. The summed E-state index contributed by atoms with van der Waals surface area (Å²) in [5.74, 6) is 6.25. The number of rotatable bonds is 5. The maximum Gasteiger partial charge on any atom is 0.0656 e. The molecular weight excluding hydrogens is 307 g/mol. The number of halogens is 1. The van der Waals surface area contributed by atoms with Gasteiger partial charge in [-0.2, -0.15) is 0 Å². The van der Waals surface area contributed by atoms with E-state index in [0.29, 0.717) is 12.0 Å². The summed E-state index contributed by atoms with van der Waals surface area (Å²) < 4.78 is 1.32. The second-order valence-corrected chi connectivity index (χ2v) is 6.21. The van der Waals surface area contributed by atoms with Gasteiger partial charge in [-0.25, -0.2) is 0 Å². The Morgan fingerprint density at radius 2 is 2.14 bits per heavy atom. The van der Waals surface area contributed by atoms with Crippen molar-refractivity contribution >= 4 is 33.9 Å². The van der Waals surface area contributed by atoms with Crippen molar-refractivity contribution in [3.8, 4) is 0 Å². The first-order valence-corrected chi connectivity index (χ1v) is 6.88. The van der Waals surface area contributed by atoms with E-state index in [4.69, 9.17) is 5.84 Å². The third kappa shape index (κ3) is 2.92. The first-order chi connectivity index (χ1) is 6.72. The van der Waals surface area contributed by atoms with Gasteiger partial charge in [0.05, 0.1) is 2.88 Å². The molecule has 1 atom stereocenters. The van der Waals surface area contributed by atoms with Crippen molar-refractivity contribution in [2.24, 2.45) is 11.8 Å². The monoisotopic (exact) mass is 324 g/mol. The molecule has 1 aromatic rings. The lowest BCUT2D eigenvalue weighted by Gasteiger charge is -2.23. The third-order valence-corrected chi connectivity index (χ3v) is 4.45. The molecule has 1 rings (SSSR count). The summed E-state index contributed by atoms with van der Waals surface area (Å²) in [5, 5.41) is 2.20. The Balaban J connectivity index is 2.80.